The van der Waals surface area contributed by atoms with Crippen molar-refractivity contribution < 1.29 is 0 Å². The fourth-order valence-electron chi connectivity index (χ4n) is 2.65. The minimum absolute atomic E-state index is 0.873. The van der Waals surface area contributed by atoms with Crippen molar-refractivity contribution in [2.75, 3.05) is 13.1 Å². The molecule has 3 aromatic rings. The molecule has 0 spiro atoms. The van der Waals surface area contributed by atoms with Gasteiger partial charge in [0.25, 0.3) is 0 Å². The molecule has 98 valence electrons. The Morgan fingerprint density at radius 3 is 2.55 bits per heavy atom. The second kappa shape index (κ2) is 4.76. The molecular formula is C17H14N2S. The van der Waals surface area contributed by atoms with E-state index in [0.717, 1.165) is 18.9 Å². The highest BCUT2D eigenvalue weighted by molar-refractivity contribution is 7.21. The van der Waals surface area contributed by atoms with Gasteiger partial charge in [-0.3, -0.25) is 4.99 Å². The number of nitrogens with zero attached hydrogens (tertiary/aromatic N) is 1. The van der Waals surface area contributed by atoms with Crippen LogP contribution in [0.25, 0.3) is 21.2 Å². The van der Waals surface area contributed by atoms with Crippen LogP contribution in [-0.4, -0.2) is 18.9 Å². The van der Waals surface area contributed by atoms with Gasteiger partial charge >= 0.3 is 0 Å². The zero-order valence-electron chi connectivity index (χ0n) is 11.0. The predicted molar refractivity (Wildman–Crippen MR) is 86.7 cm³/mol. The van der Waals surface area contributed by atoms with Crippen LogP contribution in [0.5, 0.6) is 0 Å². The first-order chi connectivity index (χ1) is 9.93. The number of hydrogen-bond acceptors (Lipinski definition) is 3. The molecule has 0 aliphatic carbocycles. The normalized spacial score (nSPS) is 14.3. The first kappa shape index (κ1) is 11.7. The van der Waals surface area contributed by atoms with Crippen molar-refractivity contribution in [1.29, 1.82) is 0 Å². The topological polar surface area (TPSA) is 24.4 Å². The van der Waals surface area contributed by atoms with Crippen molar-refractivity contribution in [2.24, 2.45) is 4.99 Å². The van der Waals surface area contributed by atoms with Crippen LogP contribution in [0.2, 0.25) is 0 Å². The number of benzene rings is 2. The van der Waals surface area contributed by atoms with Crippen molar-refractivity contribution in [2.45, 2.75) is 0 Å². The first-order valence-electron chi connectivity index (χ1n) is 6.79. The molecule has 0 bridgehead atoms. The van der Waals surface area contributed by atoms with Crippen molar-refractivity contribution in [3.05, 3.63) is 59.5 Å². The van der Waals surface area contributed by atoms with Crippen LogP contribution < -0.4 is 5.32 Å². The summed E-state index contributed by atoms with van der Waals surface area (Å²) in [7, 11) is 0. The number of fused-ring (bicyclic) bond motifs is 1. The Labute approximate surface area is 121 Å². The highest BCUT2D eigenvalue weighted by Gasteiger charge is 2.19. The summed E-state index contributed by atoms with van der Waals surface area (Å²) in [6.07, 6.45) is 0. The van der Waals surface area contributed by atoms with Gasteiger partial charge in [-0.2, -0.15) is 0 Å². The Balaban J connectivity index is 2.03. The lowest BCUT2D eigenvalue weighted by atomic mass is 10.0. The molecule has 1 N–H and O–H groups in total. The molecule has 2 heterocycles. The summed E-state index contributed by atoms with van der Waals surface area (Å²) in [5.74, 6) is 1.05. The smallest absolute Gasteiger partial charge is 0.139 e. The second-order valence-electron chi connectivity index (χ2n) is 4.83. The van der Waals surface area contributed by atoms with Gasteiger partial charge in [-0.1, -0.05) is 48.5 Å². The minimum Gasteiger partial charge on any atom is -0.367 e. The molecule has 3 heteroatoms. The predicted octanol–water partition coefficient (Wildman–Crippen LogP) is 3.92. The third-order valence-electron chi connectivity index (χ3n) is 3.55. The van der Waals surface area contributed by atoms with Gasteiger partial charge in [0, 0.05) is 22.2 Å². The lowest BCUT2D eigenvalue weighted by Gasteiger charge is -2.05. The fraction of sp³-hybridized carbons (Fsp3) is 0.118. The minimum atomic E-state index is 0.873. The molecule has 0 amide bonds. The maximum absolute atomic E-state index is 4.60. The Morgan fingerprint density at radius 1 is 0.950 bits per heavy atom. The third kappa shape index (κ3) is 1.82. The molecule has 0 unspecified atom stereocenters. The van der Waals surface area contributed by atoms with E-state index in [9.17, 15) is 0 Å². The first-order valence-corrected chi connectivity index (χ1v) is 7.61. The van der Waals surface area contributed by atoms with Crippen LogP contribution in [0.4, 0.5) is 0 Å². The van der Waals surface area contributed by atoms with Crippen molar-refractivity contribution in [3.63, 3.8) is 0 Å². The van der Waals surface area contributed by atoms with Gasteiger partial charge in [0.2, 0.25) is 0 Å². The summed E-state index contributed by atoms with van der Waals surface area (Å²) in [6.45, 7) is 1.82. The van der Waals surface area contributed by atoms with E-state index >= 15 is 0 Å². The number of thiophene rings is 1. The van der Waals surface area contributed by atoms with E-state index < -0.39 is 0 Å². The highest BCUT2D eigenvalue weighted by atomic mass is 32.1. The molecular weight excluding hydrogens is 264 g/mol. The average Bonchev–Trinajstić information content (AvgIpc) is 3.15. The summed E-state index contributed by atoms with van der Waals surface area (Å²) in [5, 5.41) is 4.72. The van der Waals surface area contributed by atoms with Crippen LogP contribution in [0.3, 0.4) is 0 Å². The molecule has 2 nitrogen and oxygen atoms in total. The average molecular weight is 278 g/mol. The molecule has 0 atom stereocenters. The molecule has 1 aliphatic rings. The van der Waals surface area contributed by atoms with E-state index in [1.54, 1.807) is 0 Å². The van der Waals surface area contributed by atoms with Crippen LogP contribution in [-0.2, 0) is 0 Å². The quantitative estimate of drug-likeness (QED) is 0.755. The van der Waals surface area contributed by atoms with E-state index in [1.165, 1.54) is 26.1 Å². The van der Waals surface area contributed by atoms with Crippen LogP contribution in [0.15, 0.2) is 59.6 Å². The SMILES string of the molecule is c1ccc(-c2c(C3=NCCN3)sc3ccccc23)cc1. The summed E-state index contributed by atoms with van der Waals surface area (Å²) in [6, 6.07) is 19.2. The Morgan fingerprint density at radius 2 is 1.75 bits per heavy atom. The zero-order chi connectivity index (χ0) is 13.4. The second-order valence-corrected chi connectivity index (χ2v) is 5.88. The molecule has 20 heavy (non-hydrogen) atoms. The lowest BCUT2D eigenvalue weighted by Crippen LogP contribution is -2.18. The molecule has 1 aliphatic heterocycles. The van der Waals surface area contributed by atoms with Gasteiger partial charge in [-0.25, -0.2) is 0 Å². The molecule has 0 fully saturated rings. The zero-order valence-corrected chi connectivity index (χ0v) is 11.8. The summed E-state index contributed by atoms with van der Waals surface area (Å²) >= 11 is 1.82. The molecule has 2 aromatic carbocycles. The van der Waals surface area contributed by atoms with Gasteiger partial charge in [0.1, 0.15) is 5.84 Å². The van der Waals surface area contributed by atoms with Crippen LogP contribution >= 0.6 is 11.3 Å². The number of aliphatic imine (C=N–C) groups is 1. The van der Waals surface area contributed by atoms with Gasteiger partial charge < -0.3 is 5.32 Å². The molecule has 1 aromatic heterocycles. The van der Waals surface area contributed by atoms with Crippen LogP contribution in [0, 0.1) is 0 Å². The molecule has 0 saturated carbocycles. The molecule has 0 saturated heterocycles. The standard InChI is InChI=1S/C17H14N2S/c1-2-6-12(7-3-1)15-13-8-4-5-9-14(13)20-16(15)17-18-10-11-19-17/h1-9H,10-11H2,(H,18,19). The van der Waals surface area contributed by atoms with Gasteiger partial charge in [-0.15, -0.1) is 11.3 Å². The lowest BCUT2D eigenvalue weighted by molar-refractivity contribution is 0.961. The highest BCUT2D eigenvalue weighted by Crippen LogP contribution is 2.39. The Bertz CT molecular complexity index is 787. The third-order valence-corrected chi connectivity index (χ3v) is 4.72. The number of hydrogen-bond donors (Lipinski definition) is 1. The van der Waals surface area contributed by atoms with E-state index in [1.807, 2.05) is 11.3 Å². The van der Waals surface area contributed by atoms with E-state index in [4.69, 9.17) is 0 Å². The Kier molecular flexibility index (Phi) is 2.78. The van der Waals surface area contributed by atoms with E-state index in [2.05, 4.69) is 64.9 Å². The summed E-state index contributed by atoms with van der Waals surface area (Å²) < 4.78 is 1.32. The van der Waals surface area contributed by atoms with Crippen LogP contribution in [0.1, 0.15) is 4.88 Å². The maximum atomic E-state index is 4.60. The maximum Gasteiger partial charge on any atom is 0.139 e. The van der Waals surface area contributed by atoms with E-state index in [-0.39, 0.29) is 0 Å². The fourth-order valence-corrected chi connectivity index (χ4v) is 3.86. The van der Waals surface area contributed by atoms with Gasteiger partial charge in [-0.05, 0) is 11.6 Å². The monoisotopic (exact) mass is 278 g/mol. The van der Waals surface area contributed by atoms with E-state index in [0.29, 0.717) is 0 Å². The number of amidine groups is 1. The number of rotatable bonds is 2. The van der Waals surface area contributed by atoms with Gasteiger partial charge in [0.15, 0.2) is 0 Å². The van der Waals surface area contributed by atoms with Crippen molar-refractivity contribution in [1.82, 2.24) is 5.32 Å². The summed E-state index contributed by atoms with van der Waals surface area (Å²) in [4.78, 5) is 5.86. The van der Waals surface area contributed by atoms with Crippen molar-refractivity contribution >= 4 is 27.3 Å². The number of nitrogens with one attached hydrogen (secondary N) is 1. The van der Waals surface area contributed by atoms with Gasteiger partial charge in [0.05, 0.1) is 11.4 Å². The molecule has 4 rings (SSSR count). The largest absolute Gasteiger partial charge is 0.367 e. The Hall–Kier alpha value is -2.13. The summed E-state index contributed by atoms with van der Waals surface area (Å²) in [5.41, 5.74) is 2.57. The molecule has 0 radical (unpaired) electrons. The van der Waals surface area contributed by atoms with Crippen molar-refractivity contribution in [3.8, 4) is 11.1 Å².